The molecule has 0 aliphatic carbocycles. The molecule has 1 atom stereocenters. The van der Waals surface area contributed by atoms with Crippen LogP contribution in [0, 0.1) is 0 Å². The zero-order valence-corrected chi connectivity index (χ0v) is 20.6. The fourth-order valence-corrected chi connectivity index (χ4v) is 4.72. The number of hydrogen-bond acceptors (Lipinski definition) is 8. The molecule has 4 rings (SSSR count). The predicted octanol–water partition coefficient (Wildman–Crippen LogP) is 4.48. The molecule has 9 nitrogen and oxygen atoms in total. The standard InChI is InChI=1S/C24H22ClN3O6S/c1-31-19-13-16(14-20(32-2)22(19)33-3)21(28-35(29,30)18-11-9-17(25)10-12-18)24-27-26-23(34-24)15-7-5-4-6-8-15/h4-14,21,28H,1-3H3. The third kappa shape index (κ3) is 5.24. The summed E-state index contributed by atoms with van der Waals surface area (Å²) in [4.78, 5) is 0.0159. The van der Waals surface area contributed by atoms with Crippen LogP contribution in [0.1, 0.15) is 17.5 Å². The van der Waals surface area contributed by atoms with Crippen LogP contribution in [0.2, 0.25) is 5.02 Å². The Morgan fingerprint density at radius 2 is 1.51 bits per heavy atom. The van der Waals surface area contributed by atoms with Gasteiger partial charge in [-0.2, -0.15) is 4.72 Å². The van der Waals surface area contributed by atoms with E-state index in [2.05, 4.69) is 14.9 Å². The molecule has 11 heteroatoms. The summed E-state index contributed by atoms with van der Waals surface area (Å²) in [7, 11) is 0.378. The van der Waals surface area contributed by atoms with Gasteiger partial charge >= 0.3 is 0 Å². The van der Waals surface area contributed by atoms with E-state index >= 15 is 0 Å². The van der Waals surface area contributed by atoms with E-state index in [4.69, 9.17) is 30.2 Å². The zero-order valence-electron chi connectivity index (χ0n) is 19.1. The second-order valence-electron chi connectivity index (χ2n) is 7.28. The molecular weight excluding hydrogens is 494 g/mol. The Morgan fingerprint density at radius 1 is 0.886 bits per heavy atom. The summed E-state index contributed by atoms with van der Waals surface area (Å²) in [5.74, 6) is 1.29. The summed E-state index contributed by atoms with van der Waals surface area (Å²) in [6.45, 7) is 0. The maximum absolute atomic E-state index is 13.3. The van der Waals surface area contributed by atoms with Crippen LogP contribution in [0.4, 0.5) is 0 Å². The average molecular weight is 516 g/mol. The van der Waals surface area contributed by atoms with Gasteiger partial charge in [-0.15, -0.1) is 10.2 Å². The Morgan fingerprint density at radius 3 is 2.09 bits per heavy atom. The van der Waals surface area contributed by atoms with E-state index in [0.29, 0.717) is 33.4 Å². The first-order valence-electron chi connectivity index (χ1n) is 10.3. The molecule has 0 bridgehead atoms. The lowest BCUT2D eigenvalue weighted by Crippen LogP contribution is -2.30. The third-order valence-electron chi connectivity index (χ3n) is 5.13. The summed E-state index contributed by atoms with van der Waals surface area (Å²) in [6.07, 6.45) is 0. The minimum atomic E-state index is -4.03. The lowest BCUT2D eigenvalue weighted by molar-refractivity contribution is 0.323. The van der Waals surface area contributed by atoms with Crippen molar-refractivity contribution in [2.45, 2.75) is 10.9 Å². The molecule has 1 N–H and O–H groups in total. The molecule has 4 aromatic rings. The Bertz CT molecular complexity index is 1380. The van der Waals surface area contributed by atoms with Gasteiger partial charge in [0.1, 0.15) is 6.04 Å². The van der Waals surface area contributed by atoms with Gasteiger partial charge < -0.3 is 18.6 Å². The highest BCUT2D eigenvalue weighted by atomic mass is 35.5. The van der Waals surface area contributed by atoms with E-state index < -0.39 is 16.1 Å². The van der Waals surface area contributed by atoms with Crippen molar-refractivity contribution >= 4 is 21.6 Å². The maximum atomic E-state index is 13.3. The number of nitrogens with zero attached hydrogens (tertiary/aromatic N) is 2. The van der Waals surface area contributed by atoms with Crippen molar-refractivity contribution in [1.82, 2.24) is 14.9 Å². The Kier molecular flexibility index (Phi) is 7.25. The molecule has 1 unspecified atom stereocenters. The number of halogens is 1. The van der Waals surface area contributed by atoms with Crippen molar-refractivity contribution in [1.29, 1.82) is 0 Å². The van der Waals surface area contributed by atoms with E-state index in [1.54, 1.807) is 12.1 Å². The Labute approximate surface area is 207 Å². The quantitative estimate of drug-likeness (QED) is 0.347. The number of sulfonamides is 1. The normalized spacial score (nSPS) is 12.2. The molecule has 0 aliphatic heterocycles. The van der Waals surface area contributed by atoms with Gasteiger partial charge in [-0.1, -0.05) is 29.8 Å². The van der Waals surface area contributed by atoms with Gasteiger partial charge in [0.05, 0.1) is 26.2 Å². The number of ether oxygens (including phenoxy) is 3. The molecule has 1 aromatic heterocycles. The summed E-state index contributed by atoms with van der Waals surface area (Å²) in [6, 6.07) is 17.1. The van der Waals surface area contributed by atoms with Crippen molar-refractivity contribution in [2.24, 2.45) is 0 Å². The fraction of sp³-hybridized carbons (Fsp3) is 0.167. The molecule has 0 saturated heterocycles. The number of aromatic nitrogens is 2. The topological polar surface area (TPSA) is 113 Å². The van der Waals surface area contributed by atoms with Gasteiger partial charge in [0.25, 0.3) is 0 Å². The van der Waals surface area contributed by atoms with Crippen LogP contribution in [0.15, 0.2) is 76.0 Å². The van der Waals surface area contributed by atoms with Gasteiger partial charge in [-0.3, -0.25) is 0 Å². The van der Waals surface area contributed by atoms with Crippen LogP contribution < -0.4 is 18.9 Å². The predicted molar refractivity (Wildman–Crippen MR) is 129 cm³/mol. The van der Waals surface area contributed by atoms with Crippen LogP contribution in [-0.4, -0.2) is 39.9 Å². The third-order valence-corrected chi connectivity index (χ3v) is 6.82. The van der Waals surface area contributed by atoms with Crippen LogP contribution in [0.3, 0.4) is 0 Å². The van der Waals surface area contributed by atoms with Crippen molar-refractivity contribution in [3.05, 3.63) is 83.2 Å². The van der Waals surface area contributed by atoms with Gasteiger partial charge in [-0.05, 0) is 54.1 Å². The molecule has 0 fully saturated rings. The van der Waals surface area contributed by atoms with Crippen molar-refractivity contribution in [3.8, 4) is 28.7 Å². The highest BCUT2D eigenvalue weighted by molar-refractivity contribution is 7.89. The monoisotopic (exact) mass is 515 g/mol. The SMILES string of the molecule is COc1cc(C(NS(=O)(=O)c2ccc(Cl)cc2)c2nnc(-c3ccccc3)o2)cc(OC)c1OC. The largest absolute Gasteiger partial charge is 0.493 e. The lowest BCUT2D eigenvalue weighted by atomic mass is 10.1. The molecule has 0 saturated carbocycles. The summed E-state index contributed by atoms with van der Waals surface area (Å²) in [5.41, 5.74) is 1.12. The van der Waals surface area contributed by atoms with Gasteiger partial charge in [-0.25, -0.2) is 8.42 Å². The van der Waals surface area contributed by atoms with Crippen LogP contribution in [0.5, 0.6) is 17.2 Å². The zero-order chi connectivity index (χ0) is 25.0. The van der Waals surface area contributed by atoms with Gasteiger partial charge in [0.2, 0.25) is 27.6 Å². The first-order chi connectivity index (χ1) is 16.9. The van der Waals surface area contributed by atoms with E-state index in [-0.39, 0.29) is 16.7 Å². The minimum absolute atomic E-state index is 0.0159. The summed E-state index contributed by atoms with van der Waals surface area (Å²) in [5, 5.41) is 8.66. The first kappa shape index (κ1) is 24.5. The van der Waals surface area contributed by atoms with Gasteiger partial charge in [0.15, 0.2) is 11.5 Å². The van der Waals surface area contributed by atoms with Crippen LogP contribution in [-0.2, 0) is 10.0 Å². The molecule has 3 aromatic carbocycles. The van der Waals surface area contributed by atoms with E-state index in [9.17, 15) is 8.42 Å². The molecule has 35 heavy (non-hydrogen) atoms. The molecule has 0 spiro atoms. The average Bonchev–Trinajstić information content (AvgIpc) is 3.37. The van der Waals surface area contributed by atoms with E-state index in [1.165, 1.54) is 45.6 Å². The lowest BCUT2D eigenvalue weighted by Gasteiger charge is -2.19. The van der Waals surface area contributed by atoms with E-state index in [1.807, 2.05) is 30.3 Å². The second-order valence-corrected chi connectivity index (χ2v) is 9.43. The molecule has 1 heterocycles. The van der Waals surface area contributed by atoms with Crippen molar-refractivity contribution < 1.29 is 27.0 Å². The number of nitrogens with one attached hydrogen (secondary N) is 1. The molecule has 182 valence electrons. The van der Waals surface area contributed by atoms with Crippen molar-refractivity contribution in [2.75, 3.05) is 21.3 Å². The first-order valence-corrected chi connectivity index (χ1v) is 12.2. The van der Waals surface area contributed by atoms with Crippen LogP contribution in [0.25, 0.3) is 11.5 Å². The fourth-order valence-electron chi connectivity index (χ4n) is 3.41. The molecular formula is C24H22ClN3O6S. The smallest absolute Gasteiger partial charge is 0.247 e. The number of hydrogen-bond donors (Lipinski definition) is 1. The van der Waals surface area contributed by atoms with Gasteiger partial charge in [0, 0.05) is 10.6 Å². The molecule has 0 aliphatic rings. The highest BCUT2D eigenvalue weighted by Crippen LogP contribution is 2.41. The Balaban J connectivity index is 1.83. The summed E-state index contributed by atoms with van der Waals surface area (Å²) < 4.78 is 51.4. The minimum Gasteiger partial charge on any atom is -0.493 e. The van der Waals surface area contributed by atoms with Crippen molar-refractivity contribution in [3.63, 3.8) is 0 Å². The molecule has 0 radical (unpaired) electrons. The number of rotatable bonds is 9. The second kappa shape index (κ2) is 10.3. The van der Waals surface area contributed by atoms with E-state index in [0.717, 1.165) is 0 Å². The molecule has 0 amide bonds. The van der Waals surface area contributed by atoms with Crippen LogP contribution >= 0.6 is 11.6 Å². The Hall–Kier alpha value is -3.60. The number of benzene rings is 3. The highest BCUT2D eigenvalue weighted by Gasteiger charge is 2.30. The summed E-state index contributed by atoms with van der Waals surface area (Å²) >= 11 is 5.93. The number of methoxy groups -OCH3 is 3. The maximum Gasteiger partial charge on any atom is 0.247 e.